The van der Waals surface area contributed by atoms with Crippen molar-refractivity contribution in [3.8, 4) is 0 Å². The standard InChI is InChI=1S/C13H20N2O4S2/c1-11-7-3-2-6-10-15(11)21(18,19)13-9-5-4-8-12(13)20(14,16)17/h4-5,8-9,11H,2-3,6-7,10H2,1H3,(H2,14,16,17). The molecule has 2 N–H and O–H groups in total. The quantitative estimate of drug-likeness (QED) is 0.901. The SMILES string of the molecule is CC1CCCCCN1S(=O)(=O)c1ccccc1S(N)(=O)=O. The molecule has 0 bridgehead atoms. The molecule has 118 valence electrons. The Morgan fingerprint density at radius 2 is 1.67 bits per heavy atom. The van der Waals surface area contributed by atoms with Crippen molar-refractivity contribution < 1.29 is 16.8 Å². The van der Waals surface area contributed by atoms with E-state index >= 15 is 0 Å². The Labute approximate surface area is 126 Å². The highest BCUT2D eigenvalue weighted by Crippen LogP contribution is 2.28. The number of rotatable bonds is 3. The Kier molecular flexibility index (Phi) is 4.72. The Hall–Kier alpha value is -0.960. The predicted molar refractivity (Wildman–Crippen MR) is 79.6 cm³/mol. The fourth-order valence-electron chi connectivity index (χ4n) is 2.63. The van der Waals surface area contributed by atoms with Crippen molar-refractivity contribution in [2.75, 3.05) is 6.54 Å². The molecule has 1 aliphatic heterocycles. The summed E-state index contributed by atoms with van der Waals surface area (Å²) in [5, 5.41) is 5.14. The minimum absolute atomic E-state index is 0.147. The average Bonchev–Trinajstić information content (AvgIpc) is 2.63. The smallest absolute Gasteiger partial charge is 0.225 e. The first-order valence-electron chi connectivity index (χ1n) is 6.88. The summed E-state index contributed by atoms with van der Waals surface area (Å²) >= 11 is 0. The maximum Gasteiger partial charge on any atom is 0.244 e. The van der Waals surface area contributed by atoms with Gasteiger partial charge in [0.05, 0.1) is 0 Å². The summed E-state index contributed by atoms with van der Waals surface area (Å²) in [6.07, 6.45) is 3.51. The number of hydrogen-bond donors (Lipinski definition) is 1. The molecule has 0 radical (unpaired) electrons. The van der Waals surface area contributed by atoms with Crippen LogP contribution in [-0.2, 0) is 20.0 Å². The summed E-state index contributed by atoms with van der Waals surface area (Å²) in [6.45, 7) is 2.25. The van der Waals surface area contributed by atoms with E-state index < -0.39 is 20.0 Å². The molecule has 0 amide bonds. The van der Waals surface area contributed by atoms with Gasteiger partial charge in [0.25, 0.3) is 0 Å². The minimum atomic E-state index is -4.09. The van der Waals surface area contributed by atoms with Gasteiger partial charge >= 0.3 is 0 Å². The molecule has 1 saturated heterocycles. The molecule has 1 atom stereocenters. The van der Waals surface area contributed by atoms with Crippen LogP contribution in [0.1, 0.15) is 32.6 Å². The van der Waals surface area contributed by atoms with Crippen LogP contribution in [0.15, 0.2) is 34.1 Å². The maximum absolute atomic E-state index is 12.8. The second-order valence-corrected chi connectivity index (χ2v) is 8.69. The van der Waals surface area contributed by atoms with Gasteiger partial charge in [-0.2, -0.15) is 4.31 Å². The van der Waals surface area contributed by atoms with Gasteiger partial charge in [-0.25, -0.2) is 22.0 Å². The fourth-order valence-corrected chi connectivity index (χ4v) is 5.69. The van der Waals surface area contributed by atoms with E-state index in [0.717, 1.165) is 25.7 Å². The Morgan fingerprint density at radius 3 is 2.29 bits per heavy atom. The van der Waals surface area contributed by atoms with Gasteiger partial charge < -0.3 is 0 Å². The summed E-state index contributed by atoms with van der Waals surface area (Å²) in [5.74, 6) is 0. The van der Waals surface area contributed by atoms with Crippen LogP contribution in [0.5, 0.6) is 0 Å². The molecular formula is C13H20N2O4S2. The molecule has 1 fully saturated rings. The van der Waals surface area contributed by atoms with Crippen molar-refractivity contribution in [2.45, 2.75) is 48.4 Å². The molecule has 6 nitrogen and oxygen atoms in total. The third-order valence-corrected chi connectivity index (χ3v) is 6.90. The third-order valence-electron chi connectivity index (χ3n) is 3.73. The van der Waals surface area contributed by atoms with E-state index in [4.69, 9.17) is 5.14 Å². The summed E-state index contributed by atoms with van der Waals surface area (Å²) in [5.41, 5.74) is 0. The molecule has 1 aromatic carbocycles. The molecule has 1 heterocycles. The van der Waals surface area contributed by atoms with Crippen molar-refractivity contribution in [2.24, 2.45) is 5.14 Å². The first kappa shape index (κ1) is 16.4. The minimum Gasteiger partial charge on any atom is -0.225 e. The summed E-state index contributed by atoms with van der Waals surface area (Å²) in [6, 6.07) is 5.34. The Balaban J connectivity index is 2.54. The lowest BCUT2D eigenvalue weighted by Crippen LogP contribution is -2.39. The van der Waals surface area contributed by atoms with E-state index in [-0.39, 0.29) is 15.8 Å². The van der Waals surface area contributed by atoms with Gasteiger partial charge in [0.2, 0.25) is 20.0 Å². The number of hydrogen-bond acceptors (Lipinski definition) is 4. The van der Waals surface area contributed by atoms with E-state index in [9.17, 15) is 16.8 Å². The molecule has 1 unspecified atom stereocenters. The van der Waals surface area contributed by atoms with Crippen LogP contribution >= 0.6 is 0 Å². The van der Waals surface area contributed by atoms with Gasteiger partial charge in [-0.1, -0.05) is 25.0 Å². The number of nitrogens with zero attached hydrogens (tertiary/aromatic N) is 1. The molecule has 0 aliphatic carbocycles. The van der Waals surface area contributed by atoms with Crippen LogP contribution in [0.2, 0.25) is 0 Å². The molecule has 8 heteroatoms. The zero-order valence-corrected chi connectivity index (χ0v) is 13.5. The van der Waals surface area contributed by atoms with Crippen molar-refractivity contribution in [1.82, 2.24) is 4.31 Å². The van der Waals surface area contributed by atoms with Crippen LogP contribution in [-0.4, -0.2) is 33.7 Å². The van der Waals surface area contributed by atoms with Gasteiger partial charge in [-0.3, -0.25) is 0 Å². The lowest BCUT2D eigenvalue weighted by Gasteiger charge is -2.26. The molecular weight excluding hydrogens is 312 g/mol. The summed E-state index contributed by atoms with van der Waals surface area (Å²) in [4.78, 5) is -0.581. The van der Waals surface area contributed by atoms with Crippen LogP contribution in [0.25, 0.3) is 0 Å². The molecule has 0 aromatic heterocycles. The van der Waals surface area contributed by atoms with Gasteiger partial charge in [0.1, 0.15) is 9.79 Å². The highest BCUT2D eigenvalue weighted by atomic mass is 32.2. The monoisotopic (exact) mass is 332 g/mol. The second-order valence-electron chi connectivity index (χ2n) is 5.31. The van der Waals surface area contributed by atoms with Crippen LogP contribution in [0.4, 0.5) is 0 Å². The van der Waals surface area contributed by atoms with Crippen molar-refractivity contribution >= 4 is 20.0 Å². The van der Waals surface area contributed by atoms with Crippen molar-refractivity contribution in [3.05, 3.63) is 24.3 Å². The highest BCUT2D eigenvalue weighted by Gasteiger charge is 2.33. The Bertz CT molecular complexity index is 713. The molecule has 21 heavy (non-hydrogen) atoms. The zero-order valence-electron chi connectivity index (χ0n) is 11.9. The first-order chi connectivity index (χ1) is 9.74. The summed E-state index contributed by atoms with van der Waals surface area (Å²) in [7, 11) is -7.96. The fraction of sp³-hybridized carbons (Fsp3) is 0.538. The molecule has 1 aromatic rings. The highest BCUT2D eigenvalue weighted by molar-refractivity contribution is 7.92. The summed E-state index contributed by atoms with van der Waals surface area (Å²) < 4.78 is 50.3. The molecule has 0 saturated carbocycles. The normalized spacial score (nSPS) is 21.9. The van der Waals surface area contributed by atoms with Crippen LogP contribution in [0.3, 0.4) is 0 Å². The van der Waals surface area contributed by atoms with E-state index in [1.54, 1.807) is 0 Å². The third kappa shape index (κ3) is 3.45. The molecule has 0 spiro atoms. The topological polar surface area (TPSA) is 97.5 Å². The van der Waals surface area contributed by atoms with E-state index in [1.807, 2.05) is 6.92 Å². The number of sulfonamides is 2. The van der Waals surface area contributed by atoms with Crippen LogP contribution in [0, 0.1) is 0 Å². The number of nitrogens with two attached hydrogens (primary N) is 1. The van der Waals surface area contributed by atoms with Gasteiger partial charge in [-0.15, -0.1) is 0 Å². The zero-order chi connectivity index (χ0) is 15.7. The number of benzene rings is 1. The van der Waals surface area contributed by atoms with Crippen molar-refractivity contribution in [3.63, 3.8) is 0 Å². The van der Waals surface area contributed by atoms with E-state index in [0.29, 0.717) is 6.54 Å². The molecule has 2 rings (SSSR count). The second kappa shape index (κ2) is 6.04. The maximum atomic E-state index is 12.8. The largest absolute Gasteiger partial charge is 0.244 e. The van der Waals surface area contributed by atoms with Gasteiger partial charge in [-0.05, 0) is 31.9 Å². The van der Waals surface area contributed by atoms with Gasteiger partial charge in [0, 0.05) is 12.6 Å². The average molecular weight is 332 g/mol. The van der Waals surface area contributed by atoms with E-state index in [2.05, 4.69) is 0 Å². The van der Waals surface area contributed by atoms with Gasteiger partial charge in [0.15, 0.2) is 0 Å². The Morgan fingerprint density at radius 1 is 1.05 bits per heavy atom. The van der Waals surface area contributed by atoms with Crippen molar-refractivity contribution in [1.29, 1.82) is 0 Å². The first-order valence-corrected chi connectivity index (χ1v) is 9.87. The van der Waals surface area contributed by atoms with Crippen LogP contribution < -0.4 is 5.14 Å². The lowest BCUT2D eigenvalue weighted by molar-refractivity contribution is 0.341. The van der Waals surface area contributed by atoms with E-state index in [1.165, 1.54) is 28.6 Å². The lowest BCUT2D eigenvalue weighted by atomic mass is 10.1. The number of primary sulfonamides is 1. The predicted octanol–water partition coefficient (Wildman–Crippen LogP) is 1.29. The molecule has 1 aliphatic rings.